The van der Waals surface area contributed by atoms with Crippen molar-refractivity contribution < 1.29 is 22.1 Å². The Kier molecular flexibility index (Phi) is 6.99. The van der Waals surface area contributed by atoms with Gasteiger partial charge in [0.25, 0.3) is 0 Å². The summed E-state index contributed by atoms with van der Waals surface area (Å²) < 4.78 is 64.5. The number of anilines is 2. The molecule has 2 aromatic carbocycles. The summed E-state index contributed by atoms with van der Waals surface area (Å²) in [4.78, 5) is 12.9. The maximum absolute atomic E-state index is 15.8. The van der Waals surface area contributed by atoms with Crippen LogP contribution in [0.25, 0.3) is 21.8 Å². The van der Waals surface area contributed by atoms with Gasteiger partial charge in [0.2, 0.25) is 5.95 Å². The molecule has 0 aliphatic carbocycles. The van der Waals surface area contributed by atoms with Crippen molar-refractivity contribution in [3.63, 3.8) is 0 Å². The minimum atomic E-state index is -2.38. The number of hydrogen-bond acceptors (Lipinski definition) is 7. The van der Waals surface area contributed by atoms with E-state index in [9.17, 15) is 13.0 Å². The van der Waals surface area contributed by atoms with Gasteiger partial charge in [-0.25, -0.2) is 32.3 Å². The molecule has 186 valence electrons. The number of nitrogens with one attached hydrogen (secondary N) is 1. The topological polar surface area (TPSA) is 103 Å². The summed E-state index contributed by atoms with van der Waals surface area (Å²) in [5.41, 5.74) is 6.54. The summed E-state index contributed by atoms with van der Waals surface area (Å²) in [6.07, 6.45) is 3.08. The minimum absolute atomic E-state index is 0.0673. The molecule has 5 rings (SSSR count). The molecule has 2 aromatic heterocycles. The predicted octanol–water partition coefficient (Wildman–Crippen LogP) is 5.30. The fourth-order valence-corrected chi connectivity index (χ4v) is 6.09. The molecule has 1 saturated heterocycles. The van der Waals surface area contributed by atoms with Crippen molar-refractivity contribution >= 4 is 34.0 Å². The number of nitrogen functional groups attached to an aromatic ring is 1. The summed E-state index contributed by atoms with van der Waals surface area (Å²) in [6.45, 7) is 1.23. The fraction of sp³-hybridized carbons (Fsp3) is 0.208. The summed E-state index contributed by atoms with van der Waals surface area (Å²) in [6, 6.07) is 9.20. The number of halogens is 3. The Morgan fingerprint density at radius 2 is 1.75 bits per heavy atom. The summed E-state index contributed by atoms with van der Waals surface area (Å²) in [7, 11) is -2.38. The standard InChI is InChI=1S/C24H20F3N5O2S2/c25-15-4-2-5-16(26)22(15)36(33)32-17-6-1-3-14(19(17)27)20-21(18-7-10-29-24(28)30-18)35-23(31-20)13-8-11-34-12-9-13/h1-7,10,13,32H,8-9,11-12H2,(H2,28,29,30). The smallest absolute Gasteiger partial charge is 0.220 e. The molecule has 3 heterocycles. The lowest BCUT2D eigenvalue weighted by Crippen LogP contribution is -2.13. The summed E-state index contributed by atoms with van der Waals surface area (Å²) >= 11 is 1.39. The van der Waals surface area contributed by atoms with Gasteiger partial charge in [-0.05, 0) is 43.2 Å². The Morgan fingerprint density at radius 1 is 1.03 bits per heavy atom. The van der Waals surface area contributed by atoms with Crippen LogP contribution in [0.15, 0.2) is 53.6 Å². The van der Waals surface area contributed by atoms with Crippen LogP contribution in [0.3, 0.4) is 0 Å². The van der Waals surface area contributed by atoms with Gasteiger partial charge < -0.3 is 10.5 Å². The zero-order valence-corrected chi connectivity index (χ0v) is 20.3. The van der Waals surface area contributed by atoms with E-state index < -0.39 is 33.3 Å². The van der Waals surface area contributed by atoms with Crippen LogP contribution in [0.4, 0.5) is 24.8 Å². The van der Waals surface area contributed by atoms with Crippen molar-refractivity contribution in [2.24, 2.45) is 0 Å². The molecule has 1 fully saturated rings. The number of aromatic nitrogens is 3. The third-order valence-electron chi connectivity index (χ3n) is 5.68. The zero-order chi connectivity index (χ0) is 25.2. The molecule has 0 spiro atoms. The van der Waals surface area contributed by atoms with Gasteiger partial charge in [0.05, 0.1) is 27.0 Å². The highest BCUT2D eigenvalue weighted by atomic mass is 32.2. The Balaban J connectivity index is 1.57. The first-order valence-electron chi connectivity index (χ1n) is 11.0. The maximum Gasteiger partial charge on any atom is 0.220 e. The molecule has 1 aliphatic rings. The molecule has 1 unspecified atom stereocenters. The van der Waals surface area contributed by atoms with Crippen molar-refractivity contribution in [3.05, 3.63) is 71.1 Å². The molecule has 0 saturated carbocycles. The summed E-state index contributed by atoms with van der Waals surface area (Å²) in [5, 5.41) is 0.815. The lowest BCUT2D eigenvalue weighted by molar-refractivity contribution is 0.0853. The molecule has 36 heavy (non-hydrogen) atoms. The number of ether oxygens (including phenoxy) is 1. The van der Waals surface area contributed by atoms with Gasteiger partial charge in [-0.1, -0.05) is 12.1 Å². The van der Waals surface area contributed by atoms with Crippen molar-refractivity contribution in [3.8, 4) is 21.8 Å². The third-order valence-corrected chi connectivity index (χ3v) is 8.09. The van der Waals surface area contributed by atoms with Gasteiger partial charge in [-0.15, -0.1) is 11.3 Å². The van der Waals surface area contributed by atoms with E-state index in [1.807, 2.05) is 0 Å². The average Bonchev–Trinajstić information content (AvgIpc) is 3.31. The lowest BCUT2D eigenvalue weighted by Gasteiger charge is -2.19. The maximum atomic E-state index is 15.8. The van der Waals surface area contributed by atoms with Crippen molar-refractivity contribution in [1.82, 2.24) is 15.0 Å². The number of hydrogen-bond donors (Lipinski definition) is 2. The Labute approximate surface area is 211 Å². The van der Waals surface area contributed by atoms with Gasteiger partial charge in [0, 0.05) is 30.9 Å². The van der Waals surface area contributed by atoms with Gasteiger partial charge >= 0.3 is 0 Å². The number of nitrogens with zero attached hydrogens (tertiary/aromatic N) is 3. The van der Waals surface area contributed by atoms with Gasteiger partial charge in [0.15, 0.2) is 16.8 Å². The number of benzene rings is 2. The quantitative estimate of drug-likeness (QED) is 0.350. The molecule has 1 atom stereocenters. The first-order valence-corrected chi connectivity index (χ1v) is 13.0. The molecule has 0 radical (unpaired) electrons. The first kappa shape index (κ1) is 24.3. The highest BCUT2D eigenvalue weighted by Crippen LogP contribution is 2.42. The van der Waals surface area contributed by atoms with Crippen molar-refractivity contribution in [1.29, 1.82) is 0 Å². The van der Waals surface area contributed by atoms with Crippen LogP contribution in [0.2, 0.25) is 0 Å². The highest BCUT2D eigenvalue weighted by molar-refractivity contribution is 7.86. The van der Waals surface area contributed by atoms with Gasteiger partial charge in [0.1, 0.15) is 16.5 Å². The van der Waals surface area contributed by atoms with Gasteiger partial charge in [-0.3, -0.25) is 4.72 Å². The van der Waals surface area contributed by atoms with Crippen LogP contribution in [0.1, 0.15) is 23.8 Å². The highest BCUT2D eigenvalue weighted by Gasteiger charge is 2.26. The van der Waals surface area contributed by atoms with E-state index in [2.05, 4.69) is 14.7 Å². The predicted molar refractivity (Wildman–Crippen MR) is 132 cm³/mol. The minimum Gasteiger partial charge on any atom is -0.381 e. The second-order valence-corrected chi connectivity index (χ2v) is 10.2. The normalized spacial score (nSPS) is 15.1. The number of rotatable bonds is 6. The van der Waals surface area contributed by atoms with E-state index in [0.29, 0.717) is 29.5 Å². The molecular formula is C24H20F3N5O2S2. The molecule has 1 aliphatic heterocycles. The molecule has 3 N–H and O–H groups in total. The molecule has 0 bridgehead atoms. The lowest BCUT2D eigenvalue weighted by atomic mass is 10.0. The first-order chi connectivity index (χ1) is 17.4. The van der Waals surface area contributed by atoms with Crippen LogP contribution >= 0.6 is 11.3 Å². The Morgan fingerprint density at radius 3 is 2.47 bits per heavy atom. The van der Waals surface area contributed by atoms with Crippen molar-refractivity contribution in [2.45, 2.75) is 23.7 Å². The van der Waals surface area contributed by atoms with Crippen LogP contribution < -0.4 is 10.5 Å². The van der Waals surface area contributed by atoms with Crippen LogP contribution in [0, 0.1) is 17.5 Å². The molecule has 12 heteroatoms. The molecular weight excluding hydrogens is 511 g/mol. The van der Waals surface area contributed by atoms with Crippen molar-refractivity contribution in [2.75, 3.05) is 23.7 Å². The third kappa shape index (κ3) is 4.84. The van der Waals surface area contributed by atoms with Crippen LogP contribution in [0.5, 0.6) is 0 Å². The van der Waals surface area contributed by atoms with E-state index in [0.717, 1.165) is 36.0 Å². The second-order valence-electron chi connectivity index (χ2n) is 8.01. The monoisotopic (exact) mass is 531 g/mol. The van der Waals surface area contributed by atoms with E-state index >= 15 is 4.39 Å². The van der Waals surface area contributed by atoms with E-state index in [1.54, 1.807) is 12.1 Å². The van der Waals surface area contributed by atoms with Crippen LogP contribution in [-0.2, 0) is 15.7 Å². The molecule has 7 nitrogen and oxygen atoms in total. The Hall–Kier alpha value is -3.35. The Bertz CT molecular complexity index is 1420. The molecule has 0 amide bonds. The number of thiazole rings is 1. The average molecular weight is 532 g/mol. The van der Waals surface area contributed by atoms with Gasteiger partial charge in [-0.2, -0.15) is 0 Å². The SMILES string of the molecule is Nc1nccc(-c2sc(C3CCOCC3)nc2-c2cccc(NS(=O)c3c(F)cccc3F)c2F)n1. The zero-order valence-electron chi connectivity index (χ0n) is 18.7. The number of nitrogens with two attached hydrogens (primary N) is 1. The van der Waals surface area contributed by atoms with E-state index in [1.165, 1.54) is 29.7 Å². The van der Waals surface area contributed by atoms with Crippen LogP contribution in [-0.4, -0.2) is 32.4 Å². The summed E-state index contributed by atoms with van der Waals surface area (Å²) in [5.74, 6) is -2.55. The second kappa shape index (κ2) is 10.3. The fourth-order valence-electron chi connectivity index (χ4n) is 3.92. The van der Waals surface area contributed by atoms with E-state index in [-0.39, 0.29) is 23.1 Å². The largest absolute Gasteiger partial charge is 0.381 e. The molecule has 4 aromatic rings. The van der Waals surface area contributed by atoms with E-state index in [4.69, 9.17) is 15.5 Å².